The first kappa shape index (κ1) is 32.2. The Balaban J connectivity index is 1.08. The highest BCUT2D eigenvalue weighted by Crippen LogP contribution is 2.50. The number of anilines is 3. The summed E-state index contributed by atoms with van der Waals surface area (Å²) in [6.45, 7) is 5.57. The first-order chi connectivity index (χ1) is 26.5. The van der Waals surface area contributed by atoms with Crippen molar-refractivity contribution in [2.75, 3.05) is 11.4 Å². The molecule has 0 bridgehead atoms. The third kappa shape index (κ3) is 5.30. The van der Waals surface area contributed by atoms with Crippen LogP contribution in [0.25, 0.3) is 44.9 Å². The van der Waals surface area contributed by atoms with Crippen LogP contribution in [0.2, 0.25) is 0 Å². The van der Waals surface area contributed by atoms with E-state index in [-0.39, 0.29) is 5.41 Å². The molecule has 54 heavy (non-hydrogen) atoms. The lowest BCUT2D eigenvalue weighted by molar-refractivity contribution is 0.660. The van der Waals surface area contributed by atoms with E-state index >= 15 is 0 Å². The number of aliphatic imine (C=N–C) groups is 1. The number of hydrogen-bond donors (Lipinski definition) is 0. The number of rotatable bonds is 6. The fraction of sp³-hybridized carbons (Fsp3) is 0.118. The molecule has 0 N–H and O–H groups in total. The van der Waals surface area contributed by atoms with Crippen molar-refractivity contribution in [2.45, 2.75) is 32.1 Å². The largest absolute Gasteiger partial charge is 0.313 e. The molecule has 1 aliphatic heterocycles. The summed E-state index contributed by atoms with van der Waals surface area (Å²) in [4.78, 5) is 7.00. The van der Waals surface area contributed by atoms with Gasteiger partial charge in [-0.2, -0.15) is 0 Å². The van der Waals surface area contributed by atoms with Crippen LogP contribution < -0.4 is 4.90 Å². The highest BCUT2D eigenvalue weighted by molar-refractivity contribution is 6.10. The minimum atomic E-state index is -0.0938. The van der Waals surface area contributed by atoms with E-state index in [9.17, 15) is 0 Å². The Bertz CT molecular complexity index is 2700. The Morgan fingerprint density at radius 2 is 1.39 bits per heavy atom. The van der Waals surface area contributed by atoms with E-state index in [1.165, 1.54) is 72.4 Å². The van der Waals surface area contributed by atoms with E-state index in [4.69, 9.17) is 0 Å². The van der Waals surface area contributed by atoms with Gasteiger partial charge in [0.05, 0.1) is 5.52 Å². The first-order valence-corrected chi connectivity index (χ1v) is 19.1. The zero-order valence-electron chi connectivity index (χ0n) is 30.7. The van der Waals surface area contributed by atoms with E-state index in [0.717, 1.165) is 36.4 Å². The Labute approximate surface area is 317 Å². The standard InChI is InChI=1S/C51H41N3/c1-51(2)47-21-8-6-19-43(47)44-29-28-42(33-48(44)51)53(41-18-10-13-36(31-41)38-15-12-30-52-34-38)40-26-24-35(25-27-40)37-14-11-23-50-46(32-37)45-20-7-9-22-49(45)54(50)39-16-4-3-5-17-39/h3-11,13-22,24-29,31-34H,12,23,30H2,1-2H3. The average molecular weight is 696 g/mol. The van der Waals surface area contributed by atoms with Crippen molar-refractivity contribution in [3.63, 3.8) is 0 Å². The molecule has 0 spiro atoms. The van der Waals surface area contributed by atoms with E-state index in [2.05, 4.69) is 198 Å². The number of para-hydroxylation sites is 2. The lowest BCUT2D eigenvalue weighted by Gasteiger charge is -2.28. The third-order valence-electron chi connectivity index (χ3n) is 11.5. The lowest BCUT2D eigenvalue weighted by Crippen LogP contribution is -2.16. The molecule has 1 aromatic heterocycles. The first-order valence-electron chi connectivity index (χ1n) is 19.1. The van der Waals surface area contributed by atoms with Crippen LogP contribution in [0.4, 0.5) is 17.1 Å². The summed E-state index contributed by atoms with van der Waals surface area (Å²) in [6.07, 6.45) is 13.2. The van der Waals surface area contributed by atoms with Gasteiger partial charge in [0, 0.05) is 64.0 Å². The molecule has 2 heterocycles. The van der Waals surface area contributed by atoms with Gasteiger partial charge in [-0.1, -0.05) is 123 Å². The molecule has 0 unspecified atom stereocenters. The monoisotopic (exact) mass is 695 g/mol. The number of allylic oxidation sites excluding steroid dienone is 4. The molecule has 0 amide bonds. The van der Waals surface area contributed by atoms with Gasteiger partial charge in [0.15, 0.2) is 0 Å². The number of benzene rings is 6. The topological polar surface area (TPSA) is 20.5 Å². The Morgan fingerprint density at radius 1 is 0.630 bits per heavy atom. The van der Waals surface area contributed by atoms with Gasteiger partial charge in [-0.05, 0) is 112 Å². The molecule has 0 atom stereocenters. The van der Waals surface area contributed by atoms with Gasteiger partial charge in [0.25, 0.3) is 0 Å². The van der Waals surface area contributed by atoms with Gasteiger partial charge >= 0.3 is 0 Å². The predicted molar refractivity (Wildman–Crippen MR) is 229 cm³/mol. The quantitative estimate of drug-likeness (QED) is 0.170. The molecule has 3 aliphatic rings. The molecule has 10 rings (SSSR count). The molecule has 3 heteroatoms. The summed E-state index contributed by atoms with van der Waals surface area (Å²) in [7, 11) is 0. The average Bonchev–Trinajstić information content (AvgIpc) is 3.53. The predicted octanol–water partition coefficient (Wildman–Crippen LogP) is 12.9. The molecule has 6 aromatic carbocycles. The fourth-order valence-electron chi connectivity index (χ4n) is 8.84. The summed E-state index contributed by atoms with van der Waals surface area (Å²) in [5.41, 5.74) is 18.5. The van der Waals surface area contributed by atoms with Gasteiger partial charge < -0.3 is 9.47 Å². The molecule has 7 aromatic rings. The normalized spacial score (nSPS) is 15.2. The molecular formula is C51H41N3. The van der Waals surface area contributed by atoms with Crippen molar-refractivity contribution in [3.05, 3.63) is 197 Å². The van der Waals surface area contributed by atoms with Crippen LogP contribution in [0, 0.1) is 0 Å². The summed E-state index contributed by atoms with van der Waals surface area (Å²) in [5.74, 6) is 0. The van der Waals surface area contributed by atoms with E-state index in [1.54, 1.807) is 0 Å². The lowest BCUT2D eigenvalue weighted by atomic mass is 9.82. The molecular weight excluding hydrogens is 655 g/mol. The molecule has 2 aliphatic carbocycles. The number of fused-ring (bicyclic) bond motifs is 6. The molecule has 0 saturated heterocycles. The van der Waals surface area contributed by atoms with Crippen LogP contribution in [0.15, 0.2) is 169 Å². The van der Waals surface area contributed by atoms with Crippen molar-refractivity contribution in [2.24, 2.45) is 4.99 Å². The van der Waals surface area contributed by atoms with E-state index in [0.29, 0.717) is 0 Å². The fourth-order valence-corrected chi connectivity index (χ4v) is 8.84. The van der Waals surface area contributed by atoms with E-state index in [1.807, 2.05) is 6.21 Å². The minimum absolute atomic E-state index is 0.0938. The van der Waals surface area contributed by atoms with Gasteiger partial charge in [0.1, 0.15) is 0 Å². The maximum Gasteiger partial charge on any atom is 0.0537 e. The van der Waals surface area contributed by atoms with Crippen molar-refractivity contribution in [1.82, 2.24) is 4.57 Å². The highest BCUT2D eigenvalue weighted by Gasteiger charge is 2.35. The molecule has 0 radical (unpaired) electrons. The number of hydrogen-bond acceptors (Lipinski definition) is 2. The summed E-state index contributed by atoms with van der Waals surface area (Å²) in [6, 6.07) is 53.5. The van der Waals surface area contributed by atoms with Crippen molar-refractivity contribution >= 4 is 51.4 Å². The van der Waals surface area contributed by atoms with Crippen LogP contribution in [0.5, 0.6) is 0 Å². The zero-order valence-corrected chi connectivity index (χ0v) is 30.7. The van der Waals surface area contributed by atoms with Crippen LogP contribution in [0.1, 0.15) is 53.8 Å². The van der Waals surface area contributed by atoms with Crippen molar-refractivity contribution in [1.29, 1.82) is 0 Å². The second kappa shape index (κ2) is 12.9. The van der Waals surface area contributed by atoms with Gasteiger partial charge in [-0.3, -0.25) is 4.99 Å². The van der Waals surface area contributed by atoms with Crippen LogP contribution in [0.3, 0.4) is 0 Å². The maximum absolute atomic E-state index is 4.59. The molecule has 3 nitrogen and oxygen atoms in total. The van der Waals surface area contributed by atoms with Gasteiger partial charge in [-0.25, -0.2) is 0 Å². The Hall–Kier alpha value is -6.45. The number of nitrogens with zero attached hydrogens (tertiary/aromatic N) is 3. The SMILES string of the molecule is CC1(C)c2ccccc2-c2ccc(N(c3ccc(C4=Cc5c(n(-c6ccccc6)c6ccccc56)CC=C4)cc3)c3cccc(C4=CCCN=C4)c3)cc21. The highest BCUT2D eigenvalue weighted by atomic mass is 15.1. The molecule has 260 valence electrons. The van der Waals surface area contributed by atoms with Crippen LogP contribution >= 0.6 is 0 Å². The number of dihydropyridines is 1. The Morgan fingerprint density at radius 3 is 2.24 bits per heavy atom. The van der Waals surface area contributed by atoms with Crippen molar-refractivity contribution in [3.8, 4) is 16.8 Å². The minimum Gasteiger partial charge on any atom is -0.313 e. The maximum atomic E-state index is 4.59. The second-order valence-corrected chi connectivity index (χ2v) is 15.1. The smallest absolute Gasteiger partial charge is 0.0537 e. The Kier molecular flexibility index (Phi) is 7.69. The van der Waals surface area contributed by atoms with Gasteiger partial charge in [-0.15, -0.1) is 0 Å². The van der Waals surface area contributed by atoms with E-state index < -0.39 is 0 Å². The summed E-state index contributed by atoms with van der Waals surface area (Å²) in [5, 5.41) is 1.28. The summed E-state index contributed by atoms with van der Waals surface area (Å²) >= 11 is 0. The van der Waals surface area contributed by atoms with Crippen molar-refractivity contribution < 1.29 is 0 Å². The third-order valence-corrected chi connectivity index (χ3v) is 11.5. The van der Waals surface area contributed by atoms with Crippen LogP contribution in [-0.2, 0) is 11.8 Å². The van der Waals surface area contributed by atoms with Gasteiger partial charge in [0.2, 0.25) is 0 Å². The molecule has 0 fully saturated rings. The zero-order chi connectivity index (χ0) is 36.2. The number of aromatic nitrogens is 1. The van der Waals surface area contributed by atoms with Crippen LogP contribution in [-0.4, -0.2) is 17.3 Å². The second-order valence-electron chi connectivity index (χ2n) is 15.1. The summed E-state index contributed by atoms with van der Waals surface area (Å²) < 4.78 is 2.43. The molecule has 0 saturated carbocycles.